The molecular formula is C12H13NOS. The van der Waals surface area contributed by atoms with Crippen molar-refractivity contribution >= 4 is 21.6 Å². The van der Waals surface area contributed by atoms with E-state index in [1.165, 1.54) is 4.70 Å². The minimum atomic E-state index is -0.358. The van der Waals surface area contributed by atoms with Crippen LogP contribution in [0, 0.1) is 0 Å². The number of benzene rings is 1. The second-order valence-electron chi connectivity index (χ2n) is 3.46. The molecule has 1 N–H and O–H groups in total. The van der Waals surface area contributed by atoms with Gasteiger partial charge in [-0.15, -0.1) is 17.9 Å². The molecule has 1 aromatic carbocycles. The Morgan fingerprint density at radius 2 is 2.27 bits per heavy atom. The van der Waals surface area contributed by atoms with Gasteiger partial charge >= 0.3 is 0 Å². The first kappa shape index (κ1) is 10.3. The van der Waals surface area contributed by atoms with Crippen molar-refractivity contribution in [2.24, 2.45) is 0 Å². The maximum atomic E-state index is 9.62. The summed E-state index contributed by atoms with van der Waals surface area (Å²) in [6, 6.07) is 8.03. The fourth-order valence-electron chi connectivity index (χ4n) is 1.48. The molecule has 0 radical (unpaired) electrons. The lowest BCUT2D eigenvalue weighted by Gasteiger charge is -2.03. The lowest BCUT2D eigenvalue weighted by molar-refractivity contribution is 0.178. The molecule has 0 fully saturated rings. The van der Waals surface area contributed by atoms with Crippen molar-refractivity contribution in [3.63, 3.8) is 0 Å². The summed E-state index contributed by atoms with van der Waals surface area (Å²) in [4.78, 5) is 4.46. The predicted octanol–water partition coefficient (Wildman–Crippen LogP) is 2.78. The zero-order valence-electron chi connectivity index (χ0n) is 8.39. The van der Waals surface area contributed by atoms with Gasteiger partial charge in [0.1, 0.15) is 0 Å². The van der Waals surface area contributed by atoms with E-state index in [2.05, 4.69) is 17.6 Å². The molecular weight excluding hydrogens is 206 g/mol. The Bertz CT molecular complexity index is 430. The molecule has 3 heteroatoms. The smallest absolute Gasteiger partial charge is 0.0964 e. The number of rotatable bonds is 4. The van der Waals surface area contributed by atoms with Crippen LogP contribution in [0.3, 0.4) is 0 Å². The Hall–Kier alpha value is -1.19. The van der Waals surface area contributed by atoms with Gasteiger partial charge < -0.3 is 5.11 Å². The van der Waals surface area contributed by atoms with Gasteiger partial charge in [0.05, 0.1) is 21.3 Å². The highest BCUT2D eigenvalue weighted by Crippen LogP contribution is 2.22. The van der Waals surface area contributed by atoms with E-state index in [9.17, 15) is 5.11 Å². The van der Waals surface area contributed by atoms with E-state index in [4.69, 9.17) is 0 Å². The molecule has 0 bridgehead atoms. The van der Waals surface area contributed by atoms with Crippen LogP contribution in [0.1, 0.15) is 11.4 Å². The number of aliphatic hydroxyl groups is 1. The second kappa shape index (κ2) is 4.55. The van der Waals surface area contributed by atoms with Crippen LogP contribution < -0.4 is 0 Å². The summed E-state index contributed by atoms with van der Waals surface area (Å²) in [6.45, 7) is 3.61. The van der Waals surface area contributed by atoms with E-state index in [1.54, 1.807) is 17.4 Å². The molecule has 0 aliphatic carbocycles. The average molecular weight is 219 g/mol. The maximum Gasteiger partial charge on any atom is 0.0964 e. The first-order valence-electron chi connectivity index (χ1n) is 4.93. The van der Waals surface area contributed by atoms with Gasteiger partial charge in [-0.2, -0.15) is 0 Å². The van der Waals surface area contributed by atoms with E-state index in [0.717, 1.165) is 10.5 Å². The summed E-state index contributed by atoms with van der Waals surface area (Å²) < 4.78 is 1.18. The zero-order valence-corrected chi connectivity index (χ0v) is 9.20. The molecule has 0 aliphatic rings. The number of para-hydroxylation sites is 1. The Morgan fingerprint density at radius 1 is 1.47 bits per heavy atom. The topological polar surface area (TPSA) is 33.1 Å². The van der Waals surface area contributed by atoms with Gasteiger partial charge in [0, 0.05) is 6.42 Å². The van der Waals surface area contributed by atoms with Gasteiger partial charge in [-0.05, 0) is 18.6 Å². The lowest BCUT2D eigenvalue weighted by Crippen LogP contribution is -2.08. The molecule has 0 aliphatic heterocycles. The van der Waals surface area contributed by atoms with Crippen molar-refractivity contribution in [1.29, 1.82) is 0 Å². The van der Waals surface area contributed by atoms with Gasteiger partial charge in [0.15, 0.2) is 0 Å². The lowest BCUT2D eigenvalue weighted by atomic mass is 10.2. The molecule has 1 heterocycles. The fourth-order valence-corrected chi connectivity index (χ4v) is 2.52. The molecule has 15 heavy (non-hydrogen) atoms. The molecule has 2 aromatic rings. The first-order valence-corrected chi connectivity index (χ1v) is 5.74. The Morgan fingerprint density at radius 3 is 3.00 bits per heavy atom. The Labute approximate surface area is 92.9 Å². The Kier molecular flexibility index (Phi) is 3.14. The average Bonchev–Trinajstić information content (AvgIpc) is 2.59. The third-order valence-corrected chi connectivity index (χ3v) is 3.25. The first-order chi connectivity index (χ1) is 7.29. The normalized spacial score (nSPS) is 12.9. The highest BCUT2D eigenvalue weighted by molar-refractivity contribution is 7.18. The molecule has 1 unspecified atom stereocenters. The van der Waals surface area contributed by atoms with Crippen molar-refractivity contribution < 1.29 is 5.11 Å². The number of thiazole rings is 1. The summed E-state index contributed by atoms with van der Waals surface area (Å²) in [5.74, 6) is 0. The third kappa shape index (κ3) is 2.43. The molecule has 78 valence electrons. The summed E-state index contributed by atoms with van der Waals surface area (Å²) in [5.41, 5.74) is 1.02. The van der Waals surface area contributed by atoms with Gasteiger partial charge in [-0.1, -0.05) is 18.2 Å². The number of hydrogen-bond donors (Lipinski definition) is 1. The van der Waals surface area contributed by atoms with E-state index in [-0.39, 0.29) is 6.10 Å². The number of aromatic nitrogens is 1. The Balaban J connectivity index is 2.18. The van der Waals surface area contributed by atoms with E-state index < -0.39 is 0 Å². The minimum absolute atomic E-state index is 0.358. The maximum absolute atomic E-state index is 9.62. The SMILES string of the molecule is C=CCC(O)Cc1nc2ccccc2s1. The quantitative estimate of drug-likeness (QED) is 0.802. The van der Waals surface area contributed by atoms with Crippen molar-refractivity contribution in [1.82, 2.24) is 4.98 Å². The monoisotopic (exact) mass is 219 g/mol. The van der Waals surface area contributed by atoms with Crippen LogP contribution in [-0.4, -0.2) is 16.2 Å². The third-order valence-electron chi connectivity index (χ3n) is 2.19. The molecule has 0 amide bonds. The highest BCUT2D eigenvalue weighted by Gasteiger charge is 2.08. The van der Waals surface area contributed by atoms with Crippen LogP contribution in [-0.2, 0) is 6.42 Å². The van der Waals surface area contributed by atoms with E-state index in [1.807, 2.05) is 18.2 Å². The van der Waals surface area contributed by atoms with Crippen molar-refractivity contribution in [2.75, 3.05) is 0 Å². The van der Waals surface area contributed by atoms with Crippen LogP contribution in [0.15, 0.2) is 36.9 Å². The van der Waals surface area contributed by atoms with Crippen LogP contribution in [0.5, 0.6) is 0 Å². The predicted molar refractivity (Wildman–Crippen MR) is 64.1 cm³/mol. The number of fused-ring (bicyclic) bond motifs is 1. The van der Waals surface area contributed by atoms with Gasteiger partial charge in [0.25, 0.3) is 0 Å². The largest absolute Gasteiger partial charge is 0.392 e. The van der Waals surface area contributed by atoms with Crippen LogP contribution in [0.25, 0.3) is 10.2 Å². The molecule has 0 saturated heterocycles. The van der Waals surface area contributed by atoms with Crippen molar-refractivity contribution in [2.45, 2.75) is 18.9 Å². The molecule has 1 atom stereocenters. The standard InChI is InChI=1S/C12H13NOS/c1-2-5-9(14)8-12-13-10-6-3-4-7-11(10)15-12/h2-4,6-7,9,14H,1,5,8H2. The summed E-state index contributed by atoms with van der Waals surface area (Å²) in [5, 5.41) is 10.6. The molecule has 0 saturated carbocycles. The van der Waals surface area contributed by atoms with E-state index >= 15 is 0 Å². The second-order valence-corrected chi connectivity index (χ2v) is 4.57. The molecule has 0 spiro atoms. The summed E-state index contributed by atoms with van der Waals surface area (Å²) in [7, 11) is 0. The number of hydrogen-bond acceptors (Lipinski definition) is 3. The van der Waals surface area contributed by atoms with Gasteiger partial charge in [-0.25, -0.2) is 4.98 Å². The fraction of sp³-hybridized carbons (Fsp3) is 0.250. The van der Waals surface area contributed by atoms with Gasteiger partial charge in [-0.3, -0.25) is 0 Å². The highest BCUT2D eigenvalue weighted by atomic mass is 32.1. The summed E-state index contributed by atoms with van der Waals surface area (Å²) in [6.07, 6.45) is 2.61. The van der Waals surface area contributed by atoms with Crippen LogP contribution in [0.2, 0.25) is 0 Å². The molecule has 1 aromatic heterocycles. The zero-order chi connectivity index (χ0) is 10.7. The van der Waals surface area contributed by atoms with Gasteiger partial charge in [0.2, 0.25) is 0 Å². The molecule has 2 nitrogen and oxygen atoms in total. The van der Waals surface area contributed by atoms with Crippen LogP contribution in [0.4, 0.5) is 0 Å². The number of aliphatic hydroxyl groups excluding tert-OH is 1. The molecule has 2 rings (SSSR count). The summed E-state index contributed by atoms with van der Waals surface area (Å²) >= 11 is 1.65. The minimum Gasteiger partial charge on any atom is -0.392 e. The van der Waals surface area contributed by atoms with E-state index in [0.29, 0.717) is 12.8 Å². The van der Waals surface area contributed by atoms with Crippen LogP contribution >= 0.6 is 11.3 Å². The van der Waals surface area contributed by atoms with Crippen molar-refractivity contribution in [3.05, 3.63) is 41.9 Å². The number of nitrogens with zero attached hydrogens (tertiary/aromatic N) is 1. The van der Waals surface area contributed by atoms with Crippen molar-refractivity contribution in [3.8, 4) is 0 Å².